The molecule has 2 amide bonds. The van der Waals surface area contributed by atoms with Crippen LogP contribution in [0, 0.1) is 11.8 Å². The van der Waals surface area contributed by atoms with E-state index in [9.17, 15) is 14.4 Å². The predicted molar refractivity (Wildman–Crippen MR) is 107 cm³/mol. The maximum atomic E-state index is 13.5. The Morgan fingerprint density at radius 2 is 1.69 bits per heavy atom. The van der Waals surface area contributed by atoms with Crippen LogP contribution in [0.15, 0.2) is 54.7 Å². The number of hydrogen-bond donors (Lipinski definition) is 0. The number of ether oxygens (including phenoxy) is 1. The molecule has 0 spiro atoms. The van der Waals surface area contributed by atoms with Gasteiger partial charge in [0.1, 0.15) is 6.04 Å². The maximum absolute atomic E-state index is 13.5. The van der Waals surface area contributed by atoms with Crippen LogP contribution in [0.3, 0.4) is 0 Å². The van der Waals surface area contributed by atoms with Gasteiger partial charge >= 0.3 is 5.97 Å². The molecule has 4 atom stereocenters. The third-order valence-corrected chi connectivity index (χ3v) is 6.32. The highest BCUT2D eigenvalue weighted by Crippen LogP contribution is 2.53. The van der Waals surface area contributed by atoms with Gasteiger partial charge in [-0.2, -0.15) is 0 Å². The zero-order valence-corrected chi connectivity index (χ0v) is 16.2. The van der Waals surface area contributed by atoms with Crippen molar-refractivity contribution in [3.8, 4) is 0 Å². The summed E-state index contributed by atoms with van der Waals surface area (Å²) in [5.74, 6) is -2.85. The standard InChI is InChI=1S/C22H17ClN2O4/c1-29-22(28)19-17-16(18-13-7-3-2-6-12(13)10-11-24(18)19)20(26)25(21(17)27)15-9-5-4-8-14(15)23/h2-11,16-19H,1H3/t16-,17-,18-,19+/m1/s1. The van der Waals surface area contributed by atoms with E-state index in [1.165, 1.54) is 7.11 Å². The number of methoxy groups -OCH3 is 1. The quantitative estimate of drug-likeness (QED) is 0.564. The van der Waals surface area contributed by atoms with Crippen LogP contribution in [0.5, 0.6) is 0 Å². The Bertz CT molecular complexity index is 1080. The van der Waals surface area contributed by atoms with E-state index in [4.69, 9.17) is 16.3 Å². The van der Waals surface area contributed by atoms with Gasteiger partial charge in [0.2, 0.25) is 11.8 Å². The molecule has 146 valence electrons. The molecule has 0 N–H and O–H groups in total. The molecule has 0 radical (unpaired) electrons. The second kappa shape index (κ2) is 6.46. The highest BCUT2D eigenvalue weighted by Gasteiger charge is 2.65. The first-order valence-corrected chi connectivity index (χ1v) is 9.67. The van der Waals surface area contributed by atoms with E-state index in [2.05, 4.69) is 0 Å². The van der Waals surface area contributed by atoms with Crippen molar-refractivity contribution in [1.29, 1.82) is 0 Å². The van der Waals surface area contributed by atoms with Crippen molar-refractivity contribution < 1.29 is 19.1 Å². The lowest BCUT2D eigenvalue weighted by molar-refractivity contribution is -0.148. The molecule has 0 bridgehead atoms. The third kappa shape index (κ3) is 2.39. The summed E-state index contributed by atoms with van der Waals surface area (Å²) >= 11 is 6.28. The minimum absolute atomic E-state index is 0.310. The van der Waals surface area contributed by atoms with Crippen LogP contribution in [0.1, 0.15) is 17.2 Å². The Hall–Kier alpha value is -3.12. The zero-order chi connectivity index (χ0) is 20.3. The molecule has 6 nitrogen and oxygen atoms in total. The van der Waals surface area contributed by atoms with Gasteiger partial charge in [-0.05, 0) is 29.3 Å². The fourth-order valence-corrected chi connectivity index (χ4v) is 5.04. The van der Waals surface area contributed by atoms with Crippen LogP contribution in [0.2, 0.25) is 5.02 Å². The largest absolute Gasteiger partial charge is 0.467 e. The monoisotopic (exact) mass is 408 g/mol. The fourth-order valence-electron chi connectivity index (χ4n) is 4.82. The molecule has 3 heterocycles. The molecule has 2 saturated heterocycles. The molecule has 29 heavy (non-hydrogen) atoms. The van der Waals surface area contributed by atoms with Gasteiger partial charge in [-0.1, -0.05) is 48.0 Å². The molecule has 0 saturated carbocycles. The van der Waals surface area contributed by atoms with Gasteiger partial charge in [-0.25, -0.2) is 9.69 Å². The normalized spacial score (nSPS) is 27.0. The van der Waals surface area contributed by atoms with Gasteiger partial charge in [-0.3, -0.25) is 9.59 Å². The number of amides is 2. The first-order valence-electron chi connectivity index (χ1n) is 9.29. The Morgan fingerprint density at radius 1 is 1.00 bits per heavy atom. The topological polar surface area (TPSA) is 66.9 Å². The maximum Gasteiger partial charge on any atom is 0.329 e. The first-order chi connectivity index (χ1) is 14.0. The lowest BCUT2D eigenvalue weighted by Gasteiger charge is -2.34. The van der Waals surface area contributed by atoms with Gasteiger partial charge in [-0.15, -0.1) is 0 Å². The van der Waals surface area contributed by atoms with Crippen LogP contribution >= 0.6 is 11.6 Å². The number of fused-ring (bicyclic) bond motifs is 5. The van der Waals surface area contributed by atoms with E-state index in [-0.39, 0.29) is 5.91 Å². The molecular weight excluding hydrogens is 392 g/mol. The number of para-hydroxylation sites is 1. The Morgan fingerprint density at radius 3 is 2.45 bits per heavy atom. The average Bonchev–Trinajstić information content (AvgIpc) is 3.21. The molecule has 0 unspecified atom stereocenters. The molecule has 5 rings (SSSR count). The van der Waals surface area contributed by atoms with Gasteiger partial charge in [0, 0.05) is 6.20 Å². The van der Waals surface area contributed by atoms with E-state index >= 15 is 0 Å². The van der Waals surface area contributed by atoms with Crippen LogP contribution < -0.4 is 4.90 Å². The third-order valence-electron chi connectivity index (χ3n) is 6.00. The number of imide groups is 1. The SMILES string of the molecule is COC(=O)[C@@H]1[C@@H]2C(=O)N(c3ccccc3Cl)C(=O)[C@H]2[C@H]2c3ccccc3C=CN12. The van der Waals surface area contributed by atoms with Crippen LogP contribution in [-0.2, 0) is 19.1 Å². The van der Waals surface area contributed by atoms with Crippen molar-refractivity contribution in [2.45, 2.75) is 12.1 Å². The lowest BCUT2D eigenvalue weighted by Crippen LogP contribution is -2.44. The summed E-state index contributed by atoms with van der Waals surface area (Å²) in [7, 11) is 1.29. The minimum atomic E-state index is -0.872. The van der Waals surface area contributed by atoms with Gasteiger partial charge in [0.05, 0.1) is 35.7 Å². The highest BCUT2D eigenvalue weighted by molar-refractivity contribution is 6.36. The highest BCUT2D eigenvalue weighted by atomic mass is 35.5. The number of nitrogens with zero attached hydrogens (tertiary/aromatic N) is 2. The summed E-state index contributed by atoms with van der Waals surface area (Å²) in [5, 5.41) is 0.310. The lowest BCUT2D eigenvalue weighted by atomic mass is 9.84. The summed E-state index contributed by atoms with van der Waals surface area (Å²) in [5.41, 5.74) is 2.22. The second-order valence-corrected chi connectivity index (χ2v) is 7.73. The summed E-state index contributed by atoms with van der Waals surface area (Å²) in [6, 6.07) is 13.1. The summed E-state index contributed by atoms with van der Waals surface area (Å²) in [4.78, 5) is 42.5. The molecular formula is C22H17ClN2O4. The van der Waals surface area contributed by atoms with Gasteiger partial charge in [0.25, 0.3) is 0 Å². The fraction of sp³-hybridized carbons (Fsp3) is 0.227. The molecule has 0 aromatic heterocycles. The summed E-state index contributed by atoms with van der Waals surface area (Å²) in [6.07, 6.45) is 3.68. The summed E-state index contributed by atoms with van der Waals surface area (Å²) in [6.45, 7) is 0. The molecule has 3 aliphatic heterocycles. The van der Waals surface area contributed by atoms with E-state index in [1.807, 2.05) is 30.3 Å². The van der Waals surface area contributed by atoms with Crippen LogP contribution in [-0.4, -0.2) is 35.8 Å². The minimum Gasteiger partial charge on any atom is -0.467 e. The molecule has 2 aromatic carbocycles. The summed E-state index contributed by atoms with van der Waals surface area (Å²) < 4.78 is 5.00. The van der Waals surface area contributed by atoms with Crippen molar-refractivity contribution in [1.82, 2.24) is 4.90 Å². The number of benzene rings is 2. The van der Waals surface area contributed by atoms with Crippen molar-refractivity contribution in [2.75, 3.05) is 12.0 Å². The van der Waals surface area contributed by atoms with Crippen LogP contribution in [0.4, 0.5) is 5.69 Å². The van der Waals surface area contributed by atoms with E-state index in [0.29, 0.717) is 10.7 Å². The molecule has 0 aliphatic carbocycles. The van der Waals surface area contributed by atoms with Gasteiger partial charge < -0.3 is 9.64 Å². The smallest absolute Gasteiger partial charge is 0.329 e. The van der Waals surface area contributed by atoms with E-state index in [1.54, 1.807) is 35.4 Å². The Labute approximate surface area is 172 Å². The van der Waals surface area contributed by atoms with Crippen molar-refractivity contribution >= 4 is 41.1 Å². The number of anilines is 1. The molecule has 2 fully saturated rings. The van der Waals surface area contributed by atoms with Crippen molar-refractivity contribution in [3.63, 3.8) is 0 Å². The Kier molecular flexibility index (Phi) is 3.99. The first kappa shape index (κ1) is 17.9. The zero-order valence-electron chi connectivity index (χ0n) is 15.5. The number of esters is 1. The average molecular weight is 409 g/mol. The molecule has 7 heteroatoms. The molecule has 2 aromatic rings. The van der Waals surface area contributed by atoms with Crippen molar-refractivity contribution in [3.05, 3.63) is 70.9 Å². The number of hydrogen-bond acceptors (Lipinski definition) is 5. The predicted octanol–water partition coefficient (Wildman–Crippen LogP) is 3.03. The van der Waals surface area contributed by atoms with E-state index in [0.717, 1.165) is 16.0 Å². The number of halogens is 1. The van der Waals surface area contributed by atoms with Crippen molar-refractivity contribution in [2.24, 2.45) is 11.8 Å². The molecule has 3 aliphatic rings. The van der Waals surface area contributed by atoms with E-state index < -0.39 is 35.8 Å². The van der Waals surface area contributed by atoms with Gasteiger partial charge in [0.15, 0.2) is 0 Å². The Balaban J connectivity index is 1.67. The number of carbonyl (C=O) groups is 3. The number of rotatable bonds is 2. The second-order valence-electron chi connectivity index (χ2n) is 7.32. The van der Waals surface area contributed by atoms with Crippen LogP contribution in [0.25, 0.3) is 6.08 Å². The number of carbonyl (C=O) groups excluding carboxylic acids is 3.